The van der Waals surface area contributed by atoms with Gasteiger partial charge < -0.3 is 15.4 Å². The van der Waals surface area contributed by atoms with Gasteiger partial charge in [-0.2, -0.15) is 0 Å². The normalized spacial score (nSPS) is 19.6. The minimum Gasteiger partial charge on any atom is -0.385 e. The topological polar surface area (TPSA) is 60.9 Å². The lowest BCUT2D eigenvalue weighted by molar-refractivity contribution is 0.00731. The third-order valence-corrected chi connectivity index (χ3v) is 3.62. The number of nitrogens with zero attached hydrogens (tertiary/aromatic N) is 1. The van der Waals surface area contributed by atoms with Crippen LogP contribution in [0.2, 0.25) is 5.15 Å². The number of rotatable bonds is 1. The van der Waals surface area contributed by atoms with Gasteiger partial charge in [0.1, 0.15) is 10.8 Å². The third kappa shape index (κ3) is 1.82. The van der Waals surface area contributed by atoms with Crippen molar-refractivity contribution in [2.45, 2.75) is 18.4 Å². The number of aromatic nitrogens is 2. The van der Waals surface area contributed by atoms with E-state index in [-0.39, 0.29) is 0 Å². The summed E-state index contributed by atoms with van der Waals surface area (Å²) < 4.78 is 0. The Kier molecular flexibility index (Phi) is 2.58. The average molecular weight is 252 g/mol. The molecule has 0 aliphatic carbocycles. The summed E-state index contributed by atoms with van der Waals surface area (Å²) in [4.78, 5) is 7.24. The van der Waals surface area contributed by atoms with Crippen LogP contribution in [0.3, 0.4) is 0 Å². The molecule has 0 saturated carbocycles. The molecule has 3 heterocycles. The highest BCUT2D eigenvalue weighted by Crippen LogP contribution is 2.35. The molecule has 1 fully saturated rings. The van der Waals surface area contributed by atoms with Gasteiger partial charge >= 0.3 is 0 Å². The number of hydrogen-bond acceptors (Lipinski definition) is 3. The summed E-state index contributed by atoms with van der Waals surface area (Å²) in [5.41, 5.74) is 0.827. The van der Waals surface area contributed by atoms with E-state index in [1.165, 1.54) is 0 Å². The molecule has 0 atom stereocenters. The number of aliphatic hydroxyl groups is 1. The van der Waals surface area contributed by atoms with Crippen molar-refractivity contribution in [2.75, 3.05) is 13.1 Å². The lowest BCUT2D eigenvalue weighted by atomic mass is 9.84. The predicted octanol–water partition coefficient (Wildman–Crippen LogP) is 1.79. The Hall–Kier alpha value is -1.10. The van der Waals surface area contributed by atoms with E-state index in [0.717, 1.165) is 29.7 Å². The molecular weight excluding hydrogens is 238 g/mol. The molecule has 5 heteroatoms. The molecule has 1 saturated heterocycles. The van der Waals surface area contributed by atoms with Crippen LogP contribution in [0.4, 0.5) is 0 Å². The Morgan fingerprint density at radius 1 is 1.35 bits per heavy atom. The van der Waals surface area contributed by atoms with Gasteiger partial charge in [0.05, 0.1) is 5.60 Å². The zero-order valence-electron chi connectivity index (χ0n) is 9.33. The monoisotopic (exact) mass is 251 g/mol. The Bertz CT molecular complexity index is 546. The number of piperidine rings is 1. The molecule has 2 aromatic heterocycles. The molecule has 17 heavy (non-hydrogen) atoms. The minimum atomic E-state index is -0.793. The summed E-state index contributed by atoms with van der Waals surface area (Å²) in [6.45, 7) is 1.64. The molecule has 1 aliphatic heterocycles. The average Bonchev–Trinajstić information content (AvgIpc) is 2.76. The van der Waals surface area contributed by atoms with E-state index in [1.807, 2.05) is 12.3 Å². The van der Waals surface area contributed by atoms with E-state index >= 15 is 0 Å². The first-order chi connectivity index (χ1) is 8.19. The third-order valence-electron chi connectivity index (χ3n) is 3.43. The fourth-order valence-electron chi connectivity index (χ4n) is 2.50. The van der Waals surface area contributed by atoms with Gasteiger partial charge in [-0.15, -0.1) is 0 Å². The summed E-state index contributed by atoms with van der Waals surface area (Å²) >= 11 is 6.00. The Labute approximate surface area is 104 Å². The number of halogens is 1. The van der Waals surface area contributed by atoms with Crippen LogP contribution >= 0.6 is 11.6 Å². The quantitative estimate of drug-likeness (QED) is 0.677. The van der Waals surface area contributed by atoms with Crippen molar-refractivity contribution in [1.82, 2.24) is 15.3 Å². The van der Waals surface area contributed by atoms with Crippen LogP contribution in [-0.4, -0.2) is 28.2 Å². The number of aromatic amines is 1. The standard InChI is InChI=1S/C12H14ClN3O/c13-10-7-9(8-1-4-15-11(8)16-10)12(17)2-5-14-6-3-12/h1,4,7,14,17H,2-3,5-6H2,(H,15,16). The summed E-state index contributed by atoms with van der Waals surface area (Å²) in [6, 6.07) is 3.72. The first-order valence-corrected chi connectivity index (χ1v) is 6.14. The van der Waals surface area contributed by atoms with Gasteiger partial charge in [0.15, 0.2) is 0 Å². The van der Waals surface area contributed by atoms with E-state index in [2.05, 4.69) is 15.3 Å². The van der Waals surface area contributed by atoms with E-state index in [9.17, 15) is 5.11 Å². The maximum atomic E-state index is 10.7. The molecule has 3 N–H and O–H groups in total. The lowest BCUT2D eigenvalue weighted by Crippen LogP contribution is -2.39. The molecule has 1 aliphatic rings. The van der Waals surface area contributed by atoms with Gasteiger partial charge in [-0.05, 0) is 43.6 Å². The van der Waals surface area contributed by atoms with Crippen molar-refractivity contribution < 1.29 is 5.11 Å². The van der Waals surface area contributed by atoms with Crippen molar-refractivity contribution in [1.29, 1.82) is 0 Å². The smallest absolute Gasteiger partial charge is 0.139 e. The number of hydrogen-bond donors (Lipinski definition) is 3. The van der Waals surface area contributed by atoms with E-state index in [0.29, 0.717) is 18.0 Å². The molecule has 2 aromatic rings. The van der Waals surface area contributed by atoms with Crippen LogP contribution in [0.5, 0.6) is 0 Å². The maximum absolute atomic E-state index is 10.7. The fourth-order valence-corrected chi connectivity index (χ4v) is 2.69. The van der Waals surface area contributed by atoms with E-state index in [1.54, 1.807) is 6.07 Å². The van der Waals surface area contributed by atoms with Crippen molar-refractivity contribution in [2.24, 2.45) is 0 Å². The SMILES string of the molecule is OC1(c2cc(Cl)nc3[nH]ccc23)CCNCC1. The number of H-pyrrole nitrogens is 1. The zero-order chi connectivity index (χ0) is 11.9. The Morgan fingerprint density at radius 2 is 2.12 bits per heavy atom. The maximum Gasteiger partial charge on any atom is 0.139 e. The van der Waals surface area contributed by atoms with Gasteiger partial charge in [0.2, 0.25) is 0 Å². The van der Waals surface area contributed by atoms with E-state index < -0.39 is 5.60 Å². The van der Waals surface area contributed by atoms with Crippen LogP contribution in [-0.2, 0) is 5.60 Å². The van der Waals surface area contributed by atoms with Gasteiger partial charge in [-0.1, -0.05) is 11.6 Å². The summed E-state index contributed by atoms with van der Waals surface area (Å²) in [5.74, 6) is 0. The fraction of sp³-hybridized carbons (Fsp3) is 0.417. The van der Waals surface area contributed by atoms with Gasteiger partial charge in [-0.3, -0.25) is 0 Å². The molecular formula is C12H14ClN3O. The first kappa shape index (κ1) is 11.0. The van der Waals surface area contributed by atoms with Crippen LogP contribution in [0.1, 0.15) is 18.4 Å². The molecule has 0 unspecified atom stereocenters. The second-order valence-corrected chi connectivity index (χ2v) is 4.90. The van der Waals surface area contributed by atoms with Crippen molar-refractivity contribution in [3.05, 3.63) is 29.0 Å². The molecule has 0 bridgehead atoms. The van der Waals surface area contributed by atoms with Crippen molar-refractivity contribution in [3.8, 4) is 0 Å². The highest BCUT2D eigenvalue weighted by atomic mass is 35.5. The summed E-state index contributed by atoms with van der Waals surface area (Å²) in [7, 11) is 0. The van der Waals surface area contributed by atoms with Crippen molar-refractivity contribution in [3.63, 3.8) is 0 Å². The molecule has 90 valence electrons. The highest BCUT2D eigenvalue weighted by Gasteiger charge is 2.33. The van der Waals surface area contributed by atoms with Crippen LogP contribution in [0.15, 0.2) is 18.3 Å². The number of pyridine rings is 1. The van der Waals surface area contributed by atoms with Crippen LogP contribution < -0.4 is 5.32 Å². The first-order valence-electron chi connectivity index (χ1n) is 5.76. The number of nitrogens with one attached hydrogen (secondary N) is 2. The lowest BCUT2D eigenvalue weighted by Gasteiger charge is -2.33. The predicted molar refractivity (Wildman–Crippen MR) is 67.1 cm³/mol. The molecule has 0 amide bonds. The highest BCUT2D eigenvalue weighted by molar-refractivity contribution is 6.29. The molecule has 3 rings (SSSR count). The molecule has 0 radical (unpaired) electrons. The van der Waals surface area contributed by atoms with Crippen LogP contribution in [0.25, 0.3) is 11.0 Å². The summed E-state index contributed by atoms with van der Waals surface area (Å²) in [5, 5.41) is 15.4. The minimum absolute atomic E-state index is 0.418. The number of fused-ring (bicyclic) bond motifs is 1. The Balaban J connectivity index is 2.18. The van der Waals surface area contributed by atoms with Crippen LogP contribution in [0, 0.1) is 0 Å². The zero-order valence-corrected chi connectivity index (χ0v) is 10.1. The van der Waals surface area contributed by atoms with Gasteiger partial charge in [-0.25, -0.2) is 4.98 Å². The van der Waals surface area contributed by atoms with Gasteiger partial charge in [0, 0.05) is 11.6 Å². The molecule has 0 aromatic carbocycles. The molecule has 4 nitrogen and oxygen atoms in total. The Morgan fingerprint density at radius 3 is 2.88 bits per heavy atom. The summed E-state index contributed by atoms with van der Waals surface area (Å²) in [6.07, 6.45) is 3.23. The van der Waals surface area contributed by atoms with E-state index in [4.69, 9.17) is 11.6 Å². The second kappa shape index (κ2) is 3.98. The second-order valence-electron chi connectivity index (χ2n) is 4.51. The van der Waals surface area contributed by atoms with Crippen molar-refractivity contribution >= 4 is 22.6 Å². The largest absolute Gasteiger partial charge is 0.385 e. The van der Waals surface area contributed by atoms with Gasteiger partial charge in [0.25, 0.3) is 0 Å². The molecule has 0 spiro atoms.